The normalized spacial score (nSPS) is 9.93. The molecule has 0 bridgehead atoms. The van der Waals surface area contributed by atoms with Crippen LogP contribution in [0.5, 0.6) is 11.6 Å². The molecule has 0 aliphatic rings. The van der Waals surface area contributed by atoms with Crippen LogP contribution in [-0.2, 0) is 6.42 Å². The van der Waals surface area contributed by atoms with Gasteiger partial charge >= 0.3 is 0 Å². The molecule has 1 heterocycles. The molecule has 1 aromatic rings. The van der Waals surface area contributed by atoms with Crippen LogP contribution in [0.1, 0.15) is 12.0 Å². The molecule has 0 atom stereocenters. The van der Waals surface area contributed by atoms with E-state index in [1.165, 1.54) is 0 Å². The minimum Gasteiger partial charge on any atom is -0.495 e. The number of methoxy groups -OCH3 is 2. The summed E-state index contributed by atoms with van der Waals surface area (Å²) in [7, 11) is 3.18. The summed E-state index contributed by atoms with van der Waals surface area (Å²) in [6, 6.07) is 1.83. The van der Waals surface area contributed by atoms with Crippen molar-refractivity contribution < 1.29 is 14.6 Å². The number of rotatable bonds is 5. The SMILES string of the molecule is COc1cc(CCCO)c(OC)cn1. The number of aliphatic hydroxyl groups is 1. The first kappa shape index (κ1) is 10.8. The second-order valence-corrected chi connectivity index (χ2v) is 2.87. The summed E-state index contributed by atoms with van der Waals surface area (Å²) in [5, 5.41) is 8.73. The highest BCUT2D eigenvalue weighted by atomic mass is 16.5. The molecule has 4 heteroatoms. The standard InChI is InChI=1S/C10H15NO3/c1-13-9-7-11-10(14-2)6-8(9)4-3-5-12/h6-7,12H,3-5H2,1-2H3. The molecule has 0 amide bonds. The summed E-state index contributed by atoms with van der Waals surface area (Å²) in [5.41, 5.74) is 1.01. The Balaban J connectivity index is 2.84. The van der Waals surface area contributed by atoms with Gasteiger partial charge in [-0.05, 0) is 12.8 Å². The van der Waals surface area contributed by atoms with Gasteiger partial charge in [-0.25, -0.2) is 4.98 Å². The van der Waals surface area contributed by atoms with Crippen molar-refractivity contribution >= 4 is 0 Å². The van der Waals surface area contributed by atoms with Crippen molar-refractivity contribution in [1.82, 2.24) is 4.98 Å². The number of pyridine rings is 1. The molecule has 0 radical (unpaired) electrons. The van der Waals surface area contributed by atoms with E-state index in [-0.39, 0.29) is 6.61 Å². The van der Waals surface area contributed by atoms with Gasteiger partial charge in [0.05, 0.1) is 20.4 Å². The van der Waals surface area contributed by atoms with Crippen LogP contribution in [-0.4, -0.2) is 30.9 Å². The van der Waals surface area contributed by atoms with Crippen molar-refractivity contribution in [3.63, 3.8) is 0 Å². The summed E-state index contributed by atoms with van der Waals surface area (Å²) >= 11 is 0. The van der Waals surface area contributed by atoms with Crippen LogP contribution in [0.3, 0.4) is 0 Å². The second-order valence-electron chi connectivity index (χ2n) is 2.87. The van der Waals surface area contributed by atoms with E-state index in [2.05, 4.69) is 4.98 Å². The molecular formula is C10H15NO3. The average Bonchev–Trinajstić information content (AvgIpc) is 2.25. The Morgan fingerprint density at radius 2 is 2.14 bits per heavy atom. The molecular weight excluding hydrogens is 182 g/mol. The van der Waals surface area contributed by atoms with Crippen LogP contribution in [0.15, 0.2) is 12.3 Å². The van der Waals surface area contributed by atoms with E-state index < -0.39 is 0 Å². The third-order valence-corrected chi connectivity index (χ3v) is 1.96. The largest absolute Gasteiger partial charge is 0.495 e. The van der Waals surface area contributed by atoms with Crippen molar-refractivity contribution in [3.05, 3.63) is 17.8 Å². The van der Waals surface area contributed by atoms with E-state index >= 15 is 0 Å². The Kier molecular flexibility index (Phi) is 4.19. The molecule has 0 aliphatic carbocycles. The maximum Gasteiger partial charge on any atom is 0.213 e. The Morgan fingerprint density at radius 1 is 1.36 bits per heavy atom. The zero-order valence-electron chi connectivity index (χ0n) is 8.49. The van der Waals surface area contributed by atoms with Gasteiger partial charge < -0.3 is 14.6 Å². The molecule has 78 valence electrons. The molecule has 0 spiro atoms. The van der Waals surface area contributed by atoms with Crippen molar-refractivity contribution in [2.75, 3.05) is 20.8 Å². The van der Waals surface area contributed by atoms with E-state index in [0.717, 1.165) is 17.7 Å². The van der Waals surface area contributed by atoms with Gasteiger partial charge in [-0.15, -0.1) is 0 Å². The minimum atomic E-state index is 0.174. The smallest absolute Gasteiger partial charge is 0.213 e. The molecule has 0 saturated heterocycles. The quantitative estimate of drug-likeness (QED) is 0.765. The molecule has 1 aromatic heterocycles. The van der Waals surface area contributed by atoms with Crippen molar-refractivity contribution in [1.29, 1.82) is 0 Å². The van der Waals surface area contributed by atoms with Gasteiger partial charge in [-0.1, -0.05) is 0 Å². The molecule has 1 rings (SSSR count). The number of nitrogens with zero attached hydrogens (tertiary/aromatic N) is 1. The summed E-state index contributed by atoms with van der Waals surface area (Å²) in [5.74, 6) is 1.30. The number of ether oxygens (including phenoxy) is 2. The van der Waals surface area contributed by atoms with Gasteiger partial charge in [0.25, 0.3) is 0 Å². The van der Waals surface area contributed by atoms with Crippen LogP contribution < -0.4 is 9.47 Å². The fourth-order valence-corrected chi connectivity index (χ4v) is 1.22. The molecule has 0 fully saturated rings. The molecule has 4 nitrogen and oxygen atoms in total. The van der Waals surface area contributed by atoms with Gasteiger partial charge in [0.15, 0.2) is 0 Å². The van der Waals surface area contributed by atoms with Crippen LogP contribution in [0.2, 0.25) is 0 Å². The van der Waals surface area contributed by atoms with Crippen LogP contribution in [0, 0.1) is 0 Å². The van der Waals surface area contributed by atoms with Crippen LogP contribution >= 0.6 is 0 Å². The van der Waals surface area contributed by atoms with E-state index in [0.29, 0.717) is 12.3 Å². The maximum absolute atomic E-state index is 8.73. The summed E-state index contributed by atoms with van der Waals surface area (Å²) in [4.78, 5) is 4.03. The van der Waals surface area contributed by atoms with Crippen LogP contribution in [0.25, 0.3) is 0 Å². The van der Waals surface area contributed by atoms with E-state index in [4.69, 9.17) is 14.6 Å². The molecule has 1 N–H and O–H groups in total. The third kappa shape index (κ3) is 2.60. The van der Waals surface area contributed by atoms with Crippen LogP contribution in [0.4, 0.5) is 0 Å². The zero-order chi connectivity index (χ0) is 10.4. The van der Waals surface area contributed by atoms with E-state index in [9.17, 15) is 0 Å². The number of aryl methyl sites for hydroxylation is 1. The first-order chi connectivity index (χ1) is 6.81. The maximum atomic E-state index is 8.73. The first-order valence-electron chi connectivity index (χ1n) is 4.49. The molecule has 0 aliphatic heterocycles. The lowest BCUT2D eigenvalue weighted by atomic mass is 10.1. The zero-order valence-corrected chi connectivity index (χ0v) is 8.49. The third-order valence-electron chi connectivity index (χ3n) is 1.96. The van der Waals surface area contributed by atoms with Gasteiger partial charge in [-0.2, -0.15) is 0 Å². The lowest BCUT2D eigenvalue weighted by Gasteiger charge is -2.08. The second kappa shape index (κ2) is 5.44. The lowest BCUT2D eigenvalue weighted by Crippen LogP contribution is -1.97. The van der Waals surface area contributed by atoms with Crippen molar-refractivity contribution in [3.8, 4) is 11.6 Å². The molecule has 0 saturated carbocycles. The highest BCUT2D eigenvalue weighted by molar-refractivity contribution is 5.34. The highest BCUT2D eigenvalue weighted by Crippen LogP contribution is 2.22. The fraction of sp³-hybridized carbons (Fsp3) is 0.500. The number of hydrogen-bond acceptors (Lipinski definition) is 4. The monoisotopic (exact) mass is 197 g/mol. The number of aromatic nitrogens is 1. The summed E-state index contributed by atoms with van der Waals surface area (Å²) in [6.07, 6.45) is 3.10. The first-order valence-corrected chi connectivity index (χ1v) is 4.49. The highest BCUT2D eigenvalue weighted by Gasteiger charge is 2.05. The Labute approximate surface area is 83.5 Å². The van der Waals surface area contributed by atoms with Gasteiger partial charge in [-0.3, -0.25) is 0 Å². The molecule has 0 unspecified atom stereocenters. The number of aliphatic hydroxyl groups excluding tert-OH is 1. The summed E-state index contributed by atoms with van der Waals surface area (Å²) < 4.78 is 10.1. The summed E-state index contributed by atoms with van der Waals surface area (Å²) in [6.45, 7) is 0.174. The fourth-order valence-electron chi connectivity index (χ4n) is 1.22. The van der Waals surface area contributed by atoms with Crippen molar-refractivity contribution in [2.24, 2.45) is 0 Å². The van der Waals surface area contributed by atoms with Gasteiger partial charge in [0.2, 0.25) is 5.88 Å². The Hall–Kier alpha value is -1.29. The van der Waals surface area contributed by atoms with E-state index in [1.807, 2.05) is 6.07 Å². The Morgan fingerprint density at radius 3 is 2.71 bits per heavy atom. The Bertz CT molecular complexity index is 289. The predicted molar refractivity (Wildman–Crippen MR) is 52.7 cm³/mol. The van der Waals surface area contributed by atoms with Crippen molar-refractivity contribution in [2.45, 2.75) is 12.8 Å². The average molecular weight is 197 g/mol. The number of hydrogen-bond donors (Lipinski definition) is 1. The van der Waals surface area contributed by atoms with Gasteiger partial charge in [0.1, 0.15) is 5.75 Å². The van der Waals surface area contributed by atoms with Gasteiger partial charge in [0, 0.05) is 18.2 Å². The molecule has 14 heavy (non-hydrogen) atoms. The lowest BCUT2D eigenvalue weighted by molar-refractivity contribution is 0.287. The topological polar surface area (TPSA) is 51.6 Å². The minimum absolute atomic E-state index is 0.174. The van der Waals surface area contributed by atoms with E-state index in [1.54, 1.807) is 20.4 Å². The molecule has 0 aromatic carbocycles. The predicted octanol–water partition coefficient (Wildman–Crippen LogP) is 1.02.